The Balaban J connectivity index is 1.75. The lowest BCUT2D eigenvalue weighted by molar-refractivity contribution is -0.136. The minimum absolute atomic E-state index is 0.111. The van der Waals surface area contributed by atoms with Gasteiger partial charge in [-0.25, -0.2) is 9.37 Å². The number of benzene rings is 2. The van der Waals surface area contributed by atoms with Crippen molar-refractivity contribution in [2.24, 2.45) is 0 Å². The van der Waals surface area contributed by atoms with Crippen LogP contribution in [0.25, 0.3) is 37.9 Å². The van der Waals surface area contributed by atoms with Gasteiger partial charge in [0.05, 0.1) is 27.5 Å². The standard InChI is InChI=1S/C21H12F4N6S/c22-12-6-8-13(9-7-12)31-19(28-29-30-31)18-17(26)16-14(21(23,24)25)10-15(27-20(16)32-18)11-4-2-1-3-5-11/h1-10H,26H2. The number of thiophene rings is 1. The zero-order valence-electron chi connectivity index (χ0n) is 16.0. The Hall–Kier alpha value is -3.86. The van der Waals surface area contributed by atoms with Crippen molar-refractivity contribution in [1.29, 1.82) is 0 Å². The molecule has 0 bridgehead atoms. The number of rotatable bonds is 3. The average molecular weight is 456 g/mol. The molecule has 160 valence electrons. The third-order valence-electron chi connectivity index (χ3n) is 4.82. The summed E-state index contributed by atoms with van der Waals surface area (Å²) in [7, 11) is 0. The number of anilines is 1. The molecule has 0 aliphatic heterocycles. The molecular weight excluding hydrogens is 444 g/mol. The van der Waals surface area contributed by atoms with Crippen LogP contribution in [-0.2, 0) is 6.18 Å². The van der Waals surface area contributed by atoms with Gasteiger partial charge in [0.1, 0.15) is 10.6 Å². The number of nitrogens with zero attached hydrogens (tertiary/aromatic N) is 5. The second-order valence-electron chi connectivity index (χ2n) is 6.83. The first kappa shape index (κ1) is 20.1. The van der Waals surface area contributed by atoms with Gasteiger partial charge in [0.25, 0.3) is 0 Å². The molecule has 0 saturated heterocycles. The summed E-state index contributed by atoms with van der Waals surface area (Å²) in [6, 6.07) is 14.9. The maximum Gasteiger partial charge on any atom is 0.417 e. The fourth-order valence-corrected chi connectivity index (χ4v) is 4.44. The van der Waals surface area contributed by atoms with E-state index in [0.29, 0.717) is 11.3 Å². The summed E-state index contributed by atoms with van der Waals surface area (Å²) in [5, 5.41) is 11.2. The largest absolute Gasteiger partial charge is 0.417 e. The van der Waals surface area contributed by atoms with Crippen LogP contribution in [0, 0.1) is 5.82 Å². The van der Waals surface area contributed by atoms with E-state index in [4.69, 9.17) is 5.73 Å². The Morgan fingerprint density at radius 2 is 1.69 bits per heavy atom. The van der Waals surface area contributed by atoms with E-state index in [1.165, 1.54) is 28.9 Å². The monoisotopic (exact) mass is 456 g/mol. The predicted molar refractivity (Wildman–Crippen MR) is 113 cm³/mol. The highest BCUT2D eigenvalue weighted by molar-refractivity contribution is 7.22. The summed E-state index contributed by atoms with van der Waals surface area (Å²) in [6.07, 6.45) is -4.65. The van der Waals surface area contributed by atoms with Crippen molar-refractivity contribution in [1.82, 2.24) is 25.2 Å². The molecule has 3 heterocycles. The fraction of sp³-hybridized carbons (Fsp3) is 0.0476. The van der Waals surface area contributed by atoms with Crippen molar-refractivity contribution in [2.75, 3.05) is 5.73 Å². The molecule has 5 aromatic rings. The van der Waals surface area contributed by atoms with Crippen LogP contribution in [0.4, 0.5) is 23.2 Å². The molecule has 2 N–H and O–H groups in total. The molecule has 11 heteroatoms. The van der Waals surface area contributed by atoms with E-state index in [-0.39, 0.29) is 32.3 Å². The lowest BCUT2D eigenvalue weighted by Crippen LogP contribution is -2.07. The number of nitrogens with two attached hydrogens (primary N) is 1. The second-order valence-corrected chi connectivity index (χ2v) is 7.83. The van der Waals surface area contributed by atoms with E-state index in [2.05, 4.69) is 20.5 Å². The van der Waals surface area contributed by atoms with Gasteiger partial charge in [0.2, 0.25) is 0 Å². The minimum atomic E-state index is -4.65. The molecule has 0 atom stereocenters. The summed E-state index contributed by atoms with van der Waals surface area (Å²) in [5.41, 5.74) is 6.33. The molecule has 0 saturated carbocycles. The van der Waals surface area contributed by atoms with Gasteiger partial charge in [0.15, 0.2) is 5.82 Å². The van der Waals surface area contributed by atoms with Crippen molar-refractivity contribution in [2.45, 2.75) is 6.18 Å². The van der Waals surface area contributed by atoms with Gasteiger partial charge in [-0.3, -0.25) is 0 Å². The van der Waals surface area contributed by atoms with Crippen molar-refractivity contribution < 1.29 is 17.6 Å². The van der Waals surface area contributed by atoms with E-state index >= 15 is 0 Å². The van der Waals surface area contributed by atoms with Crippen molar-refractivity contribution >= 4 is 27.2 Å². The molecule has 0 aliphatic carbocycles. The average Bonchev–Trinajstić information content (AvgIpc) is 3.38. The maximum absolute atomic E-state index is 14.0. The maximum atomic E-state index is 14.0. The molecule has 2 aromatic carbocycles. The van der Waals surface area contributed by atoms with Gasteiger partial charge in [-0.05, 0) is 40.8 Å². The predicted octanol–water partition coefficient (Wildman–Crippen LogP) is 5.35. The van der Waals surface area contributed by atoms with Gasteiger partial charge in [-0.2, -0.15) is 17.9 Å². The van der Waals surface area contributed by atoms with E-state index in [9.17, 15) is 17.6 Å². The Labute approximate surface area is 181 Å². The minimum Gasteiger partial charge on any atom is -0.397 e. The molecule has 0 radical (unpaired) electrons. The topological polar surface area (TPSA) is 82.5 Å². The molecule has 0 amide bonds. The number of aromatic nitrogens is 5. The van der Waals surface area contributed by atoms with Gasteiger partial charge in [-0.1, -0.05) is 30.3 Å². The highest BCUT2D eigenvalue weighted by Gasteiger charge is 2.36. The molecule has 0 aliphatic rings. The molecule has 0 fully saturated rings. The summed E-state index contributed by atoms with van der Waals surface area (Å²) >= 11 is 0.959. The molecule has 3 aromatic heterocycles. The number of fused-ring (bicyclic) bond motifs is 1. The van der Waals surface area contributed by atoms with Crippen LogP contribution >= 0.6 is 11.3 Å². The number of nitrogen functional groups attached to an aromatic ring is 1. The highest BCUT2D eigenvalue weighted by atomic mass is 32.1. The van der Waals surface area contributed by atoms with E-state index < -0.39 is 17.6 Å². The van der Waals surface area contributed by atoms with Crippen LogP contribution in [0.3, 0.4) is 0 Å². The Kier molecular flexibility index (Phi) is 4.63. The van der Waals surface area contributed by atoms with Crippen LogP contribution in [0.2, 0.25) is 0 Å². The Morgan fingerprint density at radius 1 is 0.969 bits per heavy atom. The lowest BCUT2D eigenvalue weighted by Gasteiger charge is -2.11. The van der Waals surface area contributed by atoms with Crippen LogP contribution in [0.15, 0.2) is 60.7 Å². The van der Waals surface area contributed by atoms with E-state index in [1.807, 2.05) is 0 Å². The van der Waals surface area contributed by atoms with Gasteiger partial charge < -0.3 is 5.73 Å². The normalized spacial score (nSPS) is 11.9. The summed E-state index contributed by atoms with van der Waals surface area (Å²) < 4.78 is 56.5. The number of tetrazole rings is 1. The number of hydrogen-bond donors (Lipinski definition) is 1. The number of pyridine rings is 1. The first-order valence-corrected chi connectivity index (χ1v) is 10.0. The highest BCUT2D eigenvalue weighted by Crippen LogP contribution is 2.46. The second kappa shape index (κ2) is 7.38. The fourth-order valence-electron chi connectivity index (χ4n) is 3.35. The van der Waals surface area contributed by atoms with Gasteiger partial charge in [0, 0.05) is 10.9 Å². The van der Waals surface area contributed by atoms with E-state index in [0.717, 1.165) is 17.4 Å². The molecule has 6 nitrogen and oxygen atoms in total. The third-order valence-corrected chi connectivity index (χ3v) is 5.91. The summed E-state index contributed by atoms with van der Waals surface area (Å²) in [6.45, 7) is 0. The van der Waals surface area contributed by atoms with E-state index in [1.54, 1.807) is 30.3 Å². The Bertz CT molecular complexity index is 1420. The zero-order chi connectivity index (χ0) is 22.5. The van der Waals surface area contributed by atoms with Crippen LogP contribution in [-0.4, -0.2) is 25.2 Å². The van der Waals surface area contributed by atoms with Crippen molar-refractivity contribution in [3.63, 3.8) is 0 Å². The molecule has 5 rings (SSSR count). The third kappa shape index (κ3) is 3.36. The van der Waals surface area contributed by atoms with Crippen LogP contribution < -0.4 is 5.73 Å². The first-order valence-electron chi connectivity index (χ1n) is 9.23. The zero-order valence-corrected chi connectivity index (χ0v) is 16.8. The lowest BCUT2D eigenvalue weighted by atomic mass is 10.1. The molecular formula is C21H12F4N6S. The van der Waals surface area contributed by atoms with Crippen LogP contribution in [0.5, 0.6) is 0 Å². The van der Waals surface area contributed by atoms with Gasteiger partial charge in [-0.15, -0.1) is 16.4 Å². The van der Waals surface area contributed by atoms with Crippen molar-refractivity contribution in [3.8, 4) is 27.6 Å². The quantitative estimate of drug-likeness (QED) is 0.370. The first-order chi connectivity index (χ1) is 15.3. The molecule has 0 spiro atoms. The number of hydrogen-bond acceptors (Lipinski definition) is 6. The SMILES string of the molecule is Nc1c(-c2nnnn2-c2ccc(F)cc2)sc2nc(-c3ccccc3)cc(C(F)(F)F)c12. The van der Waals surface area contributed by atoms with Gasteiger partial charge >= 0.3 is 6.18 Å². The molecule has 32 heavy (non-hydrogen) atoms. The summed E-state index contributed by atoms with van der Waals surface area (Å²) in [5.74, 6) is -0.316. The van der Waals surface area contributed by atoms with Crippen molar-refractivity contribution in [3.05, 3.63) is 72.0 Å². The van der Waals surface area contributed by atoms with Crippen LogP contribution in [0.1, 0.15) is 5.56 Å². The smallest absolute Gasteiger partial charge is 0.397 e. The Morgan fingerprint density at radius 3 is 2.38 bits per heavy atom. The number of alkyl halides is 3. The molecule has 0 unspecified atom stereocenters. The number of halogens is 4. The summed E-state index contributed by atoms with van der Waals surface area (Å²) in [4.78, 5) is 4.78.